The predicted molar refractivity (Wildman–Crippen MR) is 123 cm³/mol. The Morgan fingerprint density at radius 3 is 2.50 bits per heavy atom. The molecule has 1 N–H and O–H groups in total. The zero-order valence-electron chi connectivity index (χ0n) is 18.6. The third-order valence-corrected chi connectivity index (χ3v) is 6.83. The van der Waals surface area contributed by atoms with Crippen LogP contribution in [0.3, 0.4) is 0 Å². The number of carbonyl (C=O) groups excluding carboxylic acids is 2. The van der Waals surface area contributed by atoms with Gasteiger partial charge >= 0.3 is 6.03 Å². The summed E-state index contributed by atoms with van der Waals surface area (Å²) in [6, 6.07) is 11.6. The smallest absolute Gasteiger partial charge is 0.329 e. The lowest BCUT2D eigenvalue weighted by atomic mass is 10.0. The monoisotopic (exact) mass is 437 g/mol. The average Bonchev–Trinajstić information content (AvgIpc) is 3.17. The van der Waals surface area contributed by atoms with Gasteiger partial charge in [-0.05, 0) is 38.1 Å². The molecule has 0 bridgehead atoms. The molecule has 168 valence electrons. The summed E-state index contributed by atoms with van der Waals surface area (Å²) < 4.78 is 12.5. The molecule has 0 aromatic heterocycles. The van der Waals surface area contributed by atoms with Gasteiger partial charge in [-0.2, -0.15) is 0 Å². The average molecular weight is 438 g/mol. The highest BCUT2D eigenvalue weighted by molar-refractivity contribution is 6.19. The Morgan fingerprint density at radius 1 is 1.09 bits per heavy atom. The van der Waals surface area contributed by atoms with Gasteiger partial charge in [-0.1, -0.05) is 0 Å². The molecule has 2 saturated heterocycles. The minimum absolute atomic E-state index is 0.0419. The van der Waals surface area contributed by atoms with Crippen molar-refractivity contribution < 1.29 is 19.1 Å². The topological polar surface area (TPSA) is 71.1 Å². The fourth-order valence-electron chi connectivity index (χ4n) is 4.98. The number of nitrogens with zero attached hydrogens (tertiary/aromatic N) is 3. The van der Waals surface area contributed by atoms with E-state index in [4.69, 9.17) is 9.47 Å². The Bertz CT molecular complexity index is 1030. The summed E-state index contributed by atoms with van der Waals surface area (Å²) in [6.07, 6.45) is 1.98. The van der Waals surface area contributed by atoms with Crippen molar-refractivity contribution in [3.8, 4) is 11.5 Å². The van der Waals surface area contributed by atoms with Gasteiger partial charge in [0.25, 0.3) is 5.91 Å². The third kappa shape index (κ3) is 3.40. The van der Waals surface area contributed by atoms with Gasteiger partial charge in [0.15, 0.2) is 11.4 Å². The standard InChI is InChI=1S/C24H28N4O4/c1-26-9-11-28(12-10-26,21-15-20(31-2)14-17-4-3-13-32-23(17)21)19-7-5-18(6-8-19)27-22(29)16-25-24(27)30/h5-8,14-15H,3-4,9-13,16H2,1-2H3/p+1. The van der Waals surface area contributed by atoms with Gasteiger partial charge in [0, 0.05) is 36.9 Å². The van der Waals surface area contributed by atoms with E-state index >= 15 is 0 Å². The molecule has 32 heavy (non-hydrogen) atoms. The zero-order chi connectivity index (χ0) is 22.3. The van der Waals surface area contributed by atoms with E-state index in [9.17, 15) is 9.59 Å². The number of methoxy groups -OCH3 is 1. The first-order valence-electron chi connectivity index (χ1n) is 11.1. The van der Waals surface area contributed by atoms with Crippen molar-refractivity contribution in [2.75, 3.05) is 58.4 Å². The number of hydrogen-bond donors (Lipinski definition) is 1. The highest BCUT2D eigenvalue weighted by Gasteiger charge is 2.41. The number of aryl methyl sites for hydroxylation is 1. The number of amides is 3. The molecule has 3 amide bonds. The molecule has 0 aliphatic carbocycles. The normalized spacial score (nSPS) is 20.5. The van der Waals surface area contributed by atoms with Gasteiger partial charge in [0.05, 0.1) is 25.9 Å². The molecule has 0 radical (unpaired) electrons. The Labute approximate surface area is 187 Å². The van der Waals surface area contributed by atoms with Crippen molar-refractivity contribution in [2.45, 2.75) is 12.8 Å². The Balaban J connectivity index is 1.61. The predicted octanol–water partition coefficient (Wildman–Crippen LogP) is 2.66. The molecular weight excluding hydrogens is 408 g/mol. The van der Waals surface area contributed by atoms with Gasteiger partial charge in [0.2, 0.25) is 0 Å². The molecule has 3 aliphatic rings. The van der Waals surface area contributed by atoms with Crippen molar-refractivity contribution in [2.24, 2.45) is 0 Å². The van der Waals surface area contributed by atoms with Crippen molar-refractivity contribution in [3.05, 3.63) is 42.0 Å². The van der Waals surface area contributed by atoms with Crippen LogP contribution >= 0.6 is 0 Å². The summed E-state index contributed by atoms with van der Waals surface area (Å²) in [5.41, 5.74) is 4.01. The quantitative estimate of drug-likeness (QED) is 0.588. The Morgan fingerprint density at radius 2 is 1.84 bits per heavy atom. The summed E-state index contributed by atoms with van der Waals surface area (Å²) in [7, 11) is 3.85. The first-order valence-corrected chi connectivity index (χ1v) is 11.1. The molecule has 0 spiro atoms. The maximum absolute atomic E-state index is 12.1. The summed E-state index contributed by atoms with van der Waals surface area (Å²) in [5.74, 6) is 1.58. The Kier molecular flexibility index (Phi) is 5.27. The molecule has 2 aromatic carbocycles. The first kappa shape index (κ1) is 20.8. The van der Waals surface area contributed by atoms with Gasteiger partial charge in [0.1, 0.15) is 24.5 Å². The van der Waals surface area contributed by atoms with Crippen LogP contribution in [0.2, 0.25) is 0 Å². The van der Waals surface area contributed by atoms with E-state index in [-0.39, 0.29) is 18.5 Å². The van der Waals surface area contributed by atoms with Gasteiger partial charge in [-0.3, -0.25) is 14.2 Å². The molecule has 0 saturated carbocycles. The van der Waals surface area contributed by atoms with Crippen LogP contribution < -0.4 is 24.2 Å². The van der Waals surface area contributed by atoms with Crippen molar-refractivity contribution in [1.82, 2.24) is 14.7 Å². The number of benzene rings is 2. The van der Waals surface area contributed by atoms with Crippen LogP contribution in [-0.4, -0.2) is 70.3 Å². The van der Waals surface area contributed by atoms with Crippen molar-refractivity contribution in [3.63, 3.8) is 0 Å². The molecule has 0 unspecified atom stereocenters. The van der Waals surface area contributed by atoms with Crippen molar-refractivity contribution >= 4 is 29.0 Å². The second-order valence-electron chi connectivity index (χ2n) is 8.71. The molecule has 3 heterocycles. The van der Waals surface area contributed by atoms with Crippen LogP contribution in [0.5, 0.6) is 11.5 Å². The molecule has 3 aliphatic heterocycles. The minimum Gasteiger partial charge on any atom is -0.497 e. The van der Waals surface area contributed by atoms with Crippen LogP contribution in [0, 0.1) is 0 Å². The van der Waals surface area contributed by atoms with Crippen LogP contribution in [0.25, 0.3) is 0 Å². The van der Waals surface area contributed by atoms with E-state index in [1.807, 2.05) is 24.3 Å². The highest BCUT2D eigenvalue weighted by Crippen LogP contribution is 2.47. The molecule has 2 fully saturated rings. The van der Waals surface area contributed by atoms with Crippen LogP contribution in [0.4, 0.5) is 21.9 Å². The number of anilines is 1. The minimum atomic E-state index is -0.374. The largest absolute Gasteiger partial charge is 0.497 e. The lowest BCUT2D eigenvalue weighted by molar-refractivity contribution is -0.115. The fraction of sp³-hybridized carbons (Fsp3) is 0.417. The number of carbonyl (C=O) groups is 2. The summed E-state index contributed by atoms with van der Waals surface area (Å²) in [6.45, 7) is 4.43. The van der Waals surface area contributed by atoms with E-state index in [0.29, 0.717) is 10.2 Å². The van der Waals surface area contributed by atoms with E-state index in [0.717, 1.165) is 68.5 Å². The second kappa shape index (κ2) is 8.11. The Hall–Kier alpha value is -3.10. The highest BCUT2D eigenvalue weighted by atomic mass is 16.5. The number of piperazine rings is 1. The molecule has 0 atom stereocenters. The van der Waals surface area contributed by atoms with E-state index in [1.165, 1.54) is 10.5 Å². The number of ether oxygens (including phenoxy) is 2. The number of likely N-dealkylation sites (N-methyl/N-ethyl adjacent to an activating group) is 1. The van der Waals surface area contributed by atoms with E-state index in [2.05, 4.69) is 29.4 Å². The molecule has 8 heteroatoms. The number of urea groups is 1. The van der Waals surface area contributed by atoms with Crippen LogP contribution in [0.15, 0.2) is 36.4 Å². The van der Waals surface area contributed by atoms with Gasteiger partial charge < -0.3 is 14.8 Å². The number of quaternary nitrogens is 1. The summed E-state index contributed by atoms with van der Waals surface area (Å²) in [4.78, 5) is 27.7. The zero-order valence-corrected chi connectivity index (χ0v) is 18.6. The van der Waals surface area contributed by atoms with Crippen LogP contribution in [0.1, 0.15) is 12.0 Å². The van der Waals surface area contributed by atoms with E-state index in [1.54, 1.807) is 7.11 Å². The summed E-state index contributed by atoms with van der Waals surface area (Å²) >= 11 is 0. The molecular formula is C24H29N4O4+. The lowest BCUT2D eigenvalue weighted by Gasteiger charge is -2.44. The molecule has 5 rings (SSSR count). The van der Waals surface area contributed by atoms with E-state index < -0.39 is 0 Å². The van der Waals surface area contributed by atoms with Gasteiger partial charge in [-0.15, -0.1) is 0 Å². The number of fused-ring (bicyclic) bond motifs is 1. The number of hydrogen-bond acceptors (Lipinski definition) is 5. The maximum Gasteiger partial charge on any atom is 0.329 e. The van der Waals surface area contributed by atoms with Crippen LogP contribution in [-0.2, 0) is 11.2 Å². The molecule has 8 nitrogen and oxygen atoms in total. The fourth-order valence-corrected chi connectivity index (χ4v) is 4.98. The second-order valence-corrected chi connectivity index (χ2v) is 8.71. The van der Waals surface area contributed by atoms with Crippen molar-refractivity contribution in [1.29, 1.82) is 0 Å². The van der Waals surface area contributed by atoms with Gasteiger partial charge in [-0.25, -0.2) is 9.69 Å². The SMILES string of the molecule is COc1cc2c(c([N+]3(c4ccc(N5C(=O)CNC5=O)cc4)CCN(C)CC3)c1)OCCC2. The lowest BCUT2D eigenvalue weighted by Crippen LogP contribution is -2.57. The number of nitrogens with one attached hydrogen (secondary N) is 1. The molecule has 2 aromatic rings. The first-order chi connectivity index (χ1) is 15.5. The summed E-state index contributed by atoms with van der Waals surface area (Å²) in [5, 5.41) is 2.58. The number of imide groups is 1. The third-order valence-electron chi connectivity index (χ3n) is 6.83. The number of rotatable bonds is 4. The maximum atomic E-state index is 12.1.